The van der Waals surface area contributed by atoms with Gasteiger partial charge in [-0.1, -0.05) is 48.5 Å². The third kappa shape index (κ3) is 6.35. The standard InChI is InChI=1S/C33H35N5O4/c1-24(25-10-6-4-7-11-25)38(33(40)26-12-8-5-9-13-26)23-32(39)37-20-18-36(19-21-37)31-17-15-28(34-35-31)27-14-16-29(41-2)30(22-27)42-3/h4-17,22,24H,18-21,23H2,1-3H3/t24-/m1/s1. The van der Waals surface area contributed by atoms with Crippen LogP contribution >= 0.6 is 0 Å². The third-order valence-electron chi connectivity index (χ3n) is 7.62. The lowest BCUT2D eigenvalue weighted by Gasteiger charge is -2.37. The number of hydrogen-bond donors (Lipinski definition) is 0. The first-order valence-electron chi connectivity index (χ1n) is 14.0. The van der Waals surface area contributed by atoms with Crippen LogP contribution in [0.5, 0.6) is 11.5 Å². The summed E-state index contributed by atoms with van der Waals surface area (Å²) in [4.78, 5) is 32.6. The third-order valence-corrected chi connectivity index (χ3v) is 7.62. The lowest BCUT2D eigenvalue weighted by atomic mass is 10.1. The number of amides is 2. The SMILES string of the molecule is COc1ccc(-c2ccc(N3CCN(C(=O)CN(C(=O)c4ccccc4)[C@H](C)c4ccccc4)CC3)nn2)cc1OC. The van der Waals surface area contributed by atoms with Crippen molar-refractivity contribution in [3.63, 3.8) is 0 Å². The summed E-state index contributed by atoms with van der Waals surface area (Å²) in [5.74, 6) is 1.80. The maximum Gasteiger partial charge on any atom is 0.254 e. The van der Waals surface area contributed by atoms with E-state index < -0.39 is 0 Å². The minimum atomic E-state index is -0.261. The van der Waals surface area contributed by atoms with Gasteiger partial charge in [0.25, 0.3) is 5.91 Å². The van der Waals surface area contributed by atoms with Crippen molar-refractivity contribution in [3.8, 4) is 22.8 Å². The van der Waals surface area contributed by atoms with Crippen LogP contribution < -0.4 is 14.4 Å². The second kappa shape index (κ2) is 13.2. The fraction of sp³-hybridized carbons (Fsp3) is 0.273. The van der Waals surface area contributed by atoms with Gasteiger partial charge in [-0.25, -0.2) is 0 Å². The van der Waals surface area contributed by atoms with Crippen molar-refractivity contribution >= 4 is 17.6 Å². The number of nitrogens with zero attached hydrogens (tertiary/aromatic N) is 5. The van der Waals surface area contributed by atoms with Crippen molar-refractivity contribution in [1.29, 1.82) is 0 Å². The van der Waals surface area contributed by atoms with Crippen molar-refractivity contribution in [2.24, 2.45) is 0 Å². The van der Waals surface area contributed by atoms with Crippen molar-refractivity contribution in [3.05, 3.63) is 102 Å². The van der Waals surface area contributed by atoms with Crippen LogP contribution in [0, 0.1) is 0 Å². The number of ether oxygens (including phenoxy) is 2. The Balaban J connectivity index is 1.23. The molecule has 0 spiro atoms. The summed E-state index contributed by atoms with van der Waals surface area (Å²) in [6, 6.07) is 28.2. The van der Waals surface area contributed by atoms with E-state index in [1.54, 1.807) is 31.3 Å². The summed E-state index contributed by atoms with van der Waals surface area (Å²) < 4.78 is 10.7. The van der Waals surface area contributed by atoms with Crippen molar-refractivity contribution in [2.45, 2.75) is 13.0 Å². The Kier molecular flexibility index (Phi) is 8.96. The number of hydrogen-bond acceptors (Lipinski definition) is 7. The van der Waals surface area contributed by atoms with Crippen molar-refractivity contribution in [1.82, 2.24) is 20.0 Å². The maximum absolute atomic E-state index is 13.5. The van der Waals surface area contributed by atoms with Gasteiger partial charge in [0.1, 0.15) is 6.54 Å². The Morgan fingerprint density at radius 3 is 2.10 bits per heavy atom. The van der Waals surface area contributed by atoms with Crippen LogP contribution in [0.3, 0.4) is 0 Å². The van der Waals surface area contributed by atoms with Gasteiger partial charge in [0.05, 0.1) is 26.0 Å². The van der Waals surface area contributed by atoms with E-state index in [9.17, 15) is 9.59 Å². The largest absolute Gasteiger partial charge is 0.493 e. The normalized spacial score (nSPS) is 13.8. The number of carbonyl (C=O) groups is 2. The molecule has 42 heavy (non-hydrogen) atoms. The number of benzene rings is 3. The van der Waals surface area contributed by atoms with Gasteiger partial charge in [-0.2, -0.15) is 0 Å². The quantitative estimate of drug-likeness (QED) is 0.290. The summed E-state index contributed by atoms with van der Waals surface area (Å²) in [5.41, 5.74) is 3.15. The molecule has 1 fully saturated rings. The molecule has 1 aliphatic heterocycles. The van der Waals surface area contributed by atoms with E-state index in [0.29, 0.717) is 43.2 Å². The van der Waals surface area contributed by atoms with Crippen LogP contribution in [0.1, 0.15) is 28.9 Å². The highest BCUT2D eigenvalue weighted by Crippen LogP contribution is 2.31. The van der Waals surface area contributed by atoms with Gasteiger partial charge in [-0.15, -0.1) is 10.2 Å². The molecule has 4 aromatic rings. The molecule has 1 saturated heterocycles. The molecule has 9 nitrogen and oxygen atoms in total. The molecule has 1 aliphatic rings. The summed E-state index contributed by atoms with van der Waals surface area (Å²) >= 11 is 0. The number of anilines is 1. The minimum Gasteiger partial charge on any atom is -0.493 e. The Morgan fingerprint density at radius 2 is 1.48 bits per heavy atom. The van der Waals surface area contributed by atoms with Gasteiger partial charge >= 0.3 is 0 Å². The van der Waals surface area contributed by atoms with Crippen LogP contribution in [-0.2, 0) is 4.79 Å². The highest BCUT2D eigenvalue weighted by atomic mass is 16.5. The summed E-state index contributed by atoms with van der Waals surface area (Å²) in [6.07, 6.45) is 0. The van der Waals surface area contributed by atoms with E-state index in [2.05, 4.69) is 15.1 Å². The van der Waals surface area contributed by atoms with E-state index >= 15 is 0 Å². The fourth-order valence-corrected chi connectivity index (χ4v) is 5.12. The zero-order valence-electron chi connectivity index (χ0n) is 24.1. The molecular formula is C33H35N5O4. The minimum absolute atomic E-state index is 0.00359. The van der Waals surface area contributed by atoms with Crippen LogP contribution in [-0.4, -0.2) is 78.8 Å². The predicted molar refractivity (Wildman–Crippen MR) is 162 cm³/mol. The predicted octanol–water partition coefficient (Wildman–Crippen LogP) is 4.71. The first-order chi connectivity index (χ1) is 20.5. The topological polar surface area (TPSA) is 88.1 Å². The summed E-state index contributed by atoms with van der Waals surface area (Å²) in [6.45, 7) is 4.28. The number of rotatable bonds is 9. The lowest BCUT2D eigenvalue weighted by molar-refractivity contribution is -0.132. The second-order valence-electron chi connectivity index (χ2n) is 10.1. The molecule has 0 N–H and O–H groups in total. The average Bonchev–Trinajstić information content (AvgIpc) is 3.07. The van der Waals surface area contributed by atoms with Crippen molar-refractivity contribution in [2.75, 3.05) is 51.8 Å². The molecular weight excluding hydrogens is 530 g/mol. The van der Waals surface area contributed by atoms with Gasteiger partial charge < -0.3 is 24.2 Å². The second-order valence-corrected chi connectivity index (χ2v) is 10.1. The first kappa shape index (κ1) is 28.6. The van der Waals surface area contributed by atoms with Crippen LogP contribution in [0.25, 0.3) is 11.3 Å². The fourth-order valence-electron chi connectivity index (χ4n) is 5.12. The zero-order chi connectivity index (χ0) is 29.5. The number of aromatic nitrogens is 2. The summed E-state index contributed by atoms with van der Waals surface area (Å²) in [5, 5.41) is 8.89. The number of piperazine rings is 1. The van der Waals surface area contributed by atoms with E-state index in [4.69, 9.17) is 9.47 Å². The molecule has 5 rings (SSSR count). The molecule has 0 aliphatic carbocycles. The molecule has 1 atom stereocenters. The monoisotopic (exact) mass is 565 g/mol. The molecule has 2 amide bonds. The van der Waals surface area contributed by atoms with Crippen LogP contribution in [0.2, 0.25) is 0 Å². The number of methoxy groups -OCH3 is 2. The van der Waals surface area contributed by atoms with E-state index in [-0.39, 0.29) is 24.4 Å². The molecule has 3 aromatic carbocycles. The number of carbonyl (C=O) groups excluding carboxylic acids is 2. The highest BCUT2D eigenvalue weighted by Gasteiger charge is 2.29. The Hall–Kier alpha value is -4.92. The van der Waals surface area contributed by atoms with E-state index in [1.165, 1.54) is 0 Å². The Labute approximate surface area is 246 Å². The summed E-state index contributed by atoms with van der Waals surface area (Å²) in [7, 11) is 3.20. The van der Waals surface area contributed by atoms with Gasteiger partial charge in [-0.3, -0.25) is 9.59 Å². The Morgan fingerprint density at radius 1 is 0.810 bits per heavy atom. The smallest absolute Gasteiger partial charge is 0.254 e. The van der Waals surface area contributed by atoms with E-state index in [0.717, 1.165) is 22.6 Å². The molecule has 9 heteroatoms. The van der Waals surface area contributed by atoms with E-state index in [1.807, 2.05) is 90.7 Å². The molecule has 0 radical (unpaired) electrons. The van der Waals surface area contributed by atoms with Crippen LogP contribution in [0.15, 0.2) is 91.0 Å². The van der Waals surface area contributed by atoms with Crippen LogP contribution in [0.4, 0.5) is 5.82 Å². The molecule has 0 unspecified atom stereocenters. The molecule has 1 aromatic heterocycles. The van der Waals surface area contributed by atoms with Gasteiger partial charge in [0.2, 0.25) is 5.91 Å². The Bertz CT molecular complexity index is 1490. The lowest BCUT2D eigenvalue weighted by Crippen LogP contribution is -2.52. The van der Waals surface area contributed by atoms with Gasteiger partial charge in [0, 0.05) is 37.3 Å². The van der Waals surface area contributed by atoms with Crippen molar-refractivity contribution < 1.29 is 19.1 Å². The molecule has 0 saturated carbocycles. The molecule has 216 valence electrons. The molecule has 0 bridgehead atoms. The van der Waals surface area contributed by atoms with Gasteiger partial charge in [0.15, 0.2) is 17.3 Å². The maximum atomic E-state index is 13.5. The highest BCUT2D eigenvalue weighted by molar-refractivity contribution is 5.96. The zero-order valence-corrected chi connectivity index (χ0v) is 24.1. The van der Waals surface area contributed by atoms with Gasteiger partial charge in [-0.05, 0) is 55.0 Å². The average molecular weight is 566 g/mol. The molecule has 2 heterocycles. The first-order valence-corrected chi connectivity index (χ1v) is 14.0.